The summed E-state index contributed by atoms with van der Waals surface area (Å²) in [6.07, 6.45) is 0. The Morgan fingerprint density at radius 2 is 1.62 bits per heavy atom. The van der Waals surface area contributed by atoms with Crippen LogP contribution in [0.5, 0.6) is 5.75 Å². The number of carboxylic acid groups (broad SMARTS) is 1. The second-order valence-electron chi connectivity index (χ2n) is 4.85. The quantitative estimate of drug-likeness (QED) is 0.908. The number of amides is 1. The molecule has 0 aliphatic heterocycles. The zero-order valence-corrected chi connectivity index (χ0v) is 11.7. The van der Waals surface area contributed by atoms with Crippen LogP contribution in [0.25, 0.3) is 11.1 Å². The molecule has 0 aliphatic rings. The summed E-state index contributed by atoms with van der Waals surface area (Å²) in [6, 6.07) is 10.9. The van der Waals surface area contributed by atoms with Crippen LogP contribution >= 0.6 is 0 Å². The Morgan fingerprint density at radius 3 is 2.24 bits per heavy atom. The zero-order chi connectivity index (χ0) is 15.6. The minimum absolute atomic E-state index is 0.00524. The molecule has 0 unspecified atom stereocenters. The van der Waals surface area contributed by atoms with Crippen molar-refractivity contribution in [1.29, 1.82) is 0 Å². The molecule has 5 heteroatoms. The van der Waals surface area contributed by atoms with E-state index in [0.717, 1.165) is 0 Å². The molecule has 0 bridgehead atoms. The van der Waals surface area contributed by atoms with Crippen LogP contribution in [0.2, 0.25) is 0 Å². The molecule has 2 N–H and O–H groups in total. The average molecular weight is 285 g/mol. The number of nitrogens with zero attached hydrogens (tertiary/aromatic N) is 1. The van der Waals surface area contributed by atoms with Gasteiger partial charge in [-0.1, -0.05) is 12.1 Å². The van der Waals surface area contributed by atoms with Crippen LogP contribution < -0.4 is 0 Å². The van der Waals surface area contributed by atoms with Gasteiger partial charge >= 0.3 is 5.97 Å². The topological polar surface area (TPSA) is 77.8 Å². The van der Waals surface area contributed by atoms with Gasteiger partial charge in [0.05, 0.1) is 5.56 Å². The lowest BCUT2D eigenvalue weighted by Crippen LogP contribution is -2.21. The summed E-state index contributed by atoms with van der Waals surface area (Å²) in [6.45, 7) is 0. The van der Waals surface area contributed by atoms with Crippen LogP contribution in [-0.2, 0) is 0 Å². The van der Waals surface area contributed by atoms with Crippen molar-refractivity contribution in [2.75, 3.05) is 14.1 Å². The molecule has 0 saturated heterocycles. The minimum atomic E-state index is -1.12. The Kier molecular flexibility index (Phi) is 3.93. The zero-order valence-electron chi connectivity index (χ0n) is 11.7. The van der Waals surface area contributed by atoms with Crippen molar-refractivity contribution in [2.24, 2.45) is 0 Å². The molecule has 0 aliphatic carbocycles. The van der Waals surface area contributed by atoms with E-state index in [-0.39, 0.29) is 17.2 Å². The SMILES string of the molecule is CN(C)C(=O)c1cccc(-c2cc(O)cc(C(=O)O)c2)c1. The van der Waals surface area contributed by atoms with Gasteiger partial charge in [0, 0.05) is 19.7 Å². The van der Waals surface area contributed by atoms with Crippen LogP contribution in [0.1, 0.15) is 20.7 Å². The second-order valence-corrected chi connectivity index (χ2v) is 4.85. The molecular formula is C16H15NO4. The van der Waals surface area contributed by atoms with Crippen molar-refractivity contribution < 1.29 is 19.8 Å². The summed E-state index contributed by atoms with van der Waals surface area (Å²) >= 11 is 0. The van der Waals surface area contributed by atoms with Crippen molar-refractivity contribution >= 4 is 11.9 Å². The second kappa shape index (κ2) is 5.66. The Morgan fingerprint density at radius 1 is 0.952 bits per heavy atom. The summed E-state index contributed by atoms with van der Waals surface area (Å²) in [5.41, 5.74) is 1.70. The van der Waals surface area contributed by atoms with E-state index in [9.17, 15) is 14.7 Å². The molecule has 108 valence electrons. The summed E-state index contributed by atoms with van der Waals surface area (Å²) in [5, 5.41) is 18.7. The summed E-state index contributed by atoms with van der Waals surface area (Å²) in [4.78, 5) is 24.4. The van der Waals surface area contributed by atoms with Crippen LogP contribution in [-0.4, -0.2) is 41.1 Å². The highest BCUT2D eigenvalue weighted by Crippen LogP contribution is 2.26. The summed E-state index contributed by atoms with van der Waals surface area (Å²) < 4.78 is 0. The number of phenols is 1. The van der Waals surface area contributed by atoms with E-state index in [1.807, 2.05) is 0 Å². The largest absolute Gasteiger partial charge is 0.508 e. The number of aromatic carboxylic acids is 1. The van der Waals surface area contributed by atoms with Crippen molar-refractivity contribution in [1.82, 2.24) is 4.90 Å². The normalized spacial score (nSPS) is 10.2. The van der Waals surface area contributed by atoms with Gasteiger partial charge in [-0.2, -0.15) is 0 Å². The smallest absolute Gasteiger partial charge is 0.335 e. The molecule has 0 heterocycles. The van der Waals surface area contributed by atoms with Gasteiger partial charge in [-0.15, -0.1) is 0 Å². The third kappa shape index (κ3) is 3.20. The Labute approximate surface area is 122 Å². The van der Waals surface area contributed by atoms with Gasteiger partial charge in [0.15, 0.2) is 0 Å². The van der Waals surface area contributed by atoms with Gasteiger partial charge in [0.1, 0.15) is 5.75 Å². The number of rotatable bonds is 3. The summed E-state index contributed by atoms with van der Waals surface area (Å²) in [5.74, 6) is -1.39. The predicted molar refractivity (Wildman–Crippen MR) is 78.5 cm³/mol. The number of benzene rings is 2. The fourth-order valence-corrected chi connectivity index (χ4v) is 1.99. The fraction of sp³-hybridized carbons (Fsp3) is 0.125. The molecule has 0 atom stereocenters. The molecule has 2 aromatic carbocycles. The molecule has 5 nitrogen and oxygen atoms in total. The molecule has 0 fully saturated rings. The number of aromatic hydroxyl groups is 1. The number of carbonyl (C=O) groups is 2. The first-order valence-electron chi connectivity index (χ1n) is 6.28. The highest BCUT2D eigenvalue weighted by atomic mass is 16.4. The lowest BCUT2D eigenvalue weighted by molar-refractivity contribution is 0.0696. The van der Waals surface area contributed by atoms with Crippen molar-refractivity contribution in [3.63, 3.8) is 0 Å². The summed E-state index contributed by atoms with van der Waals surface area (Å²) in [7, 11) is 3.32. The van der Waals surface area contributed by atoms with Gasteiger partial charge in [-0.25, -0.2) is 4.79 Å². The maximum atomic E-state index is 12.0. The maximum absolute atomic E-state index is 12.0. The van der Waals surface area contributed by atoms with Gasteiger partial charge in [-0.3, -0.25) is 4.79 Å². The molecule has 2 aromatic rings. The third-order valence-corrected chi connectivity index (χ3v) is 3.01. The lowest BCUT2D eigenvalue weighted by atomic mass is 10.00. The number of hydrogen-bond donors (Lipinski definition) is 2. The van der Waals surface area contributed by atoms with Gasteiger partial charge in [0.2, 0.25) is 0 Å². The molecule has 0 aromatic heterocycles. The fourth-order valence-electron chi connectivity index (χ4n) is 1.99. The Hall–Kier alpha value is -2.82. The minimum Gasteiger partial charge on any atom is -0.508 e. The van der Waals surface area contributed by atoms with Crippen molar-refractivity contribution in [3.8, 4) is 16.9 Å². The van der Waals surface area contributed by atoms with Gasteiger partial charge in [-0.05, 0) is 41.5 Å². The maximum Gasteiger partial charge on any atom is 0.335 e. The van der Waals surface area contributed by atoms with E-state index in [1.54, 1.807) is 38.4 Å². The Bertz CT molecular complexity index is 707. The molecule has 0 spiro atoms. The molecule has 1 amide bonds. The molecule has 2 rings (SSSR count). The monoisotopic (exact) mass is 285 g/mol. The number of hydrogen-bond acceptors (Lipinski definition) is 3. The van der Waals surface area contributed by atoms with Gasteiger partial charge < -0.3 is 15.1 Å². The van der Waals surface area contributed by atoms with E-state index in [4.69, 9.17) is 5.11 Å². The number of carbonyl (C=O) groups excluding carboxylic acids is 1. The first-order valence-corrected chi connectivity index (χ1v) is 6.28. The van der Waals surface area contributed by atoms with E-state index in [2.05, 4.69) is 0 Å². The lowest BCUT2D eigenvalue weighted by Gasteiger charge is -2.11. The Balaban J connectivity index is 2.50. The number of carboxylic acids is 1. The first-order chi connectivity index (χ1) is 9.88. The van der Waals surface area contributed by atoms with Crippen LogP contribution in [0.4, 0.5) is 0 Å². The standard InChI is InChI=1S/C16H15NO4/c1-17(2)15(19)11-5-3-4-10(6-11)12-7-13(16(20)21)9-14(18)8-12/h3-9,18H,1-2H3,(H,20,21). The molecule has 0 radical (unpaired) electrons. The van der Waals surface area contributed by atoms with Crippen LogP contribution in [0.15, 0.2) is 42.5 Å². The van der Waals surface area contributed by atoms with Crippen molar-refractivity contribution in [2.45, 2.75) is 0 Å². The highest BCUT2D eigenvalue weighted by Gasteiger charge is 2.11. The third-order valence-electron chi connectivity index (χ3n) is 3.01. The van der Waals surface area contributed by atoms with E-state index in [0.29, 0.717) is 16.7 Å². The molecular weight excluding hydrogens is 270 g/mol. The highest BCUT2D eigenvalue weighted by molar-refractivity contribution is 5.95. The average Bonchev–Trinajstić information content (AvgIpc) is 2.45. The van der Waals surface area contributed by atoms with Crippen LogP contribution in [0.3, 0.4) is 0 Å². The number of phenolic OH excluding ortho intramolecular Hbond substituents is 1. The van der Waals surface area contributed by atoms with E-state index in [1.165, 1.54) is 23.1 Å². The predicted octanol–water partition coefficient (Wildman–Crippen LogP) is 2.46. The van der Waals surface area contributed by atoms with Crippen molar-refractivity contribution in [3.05, 3.63) is 53.6 Å². The first kappa shape index (κ1) is 14.6. The molecule has 21 heavy (non-hydrogen) atoms. The van der Waals surface area contributed by atoms with Gasteiger partial charge in [0.25, 0.3) is 5.91 Å². The van der Waals surface area contributed by atoms with Crippen LogP contribution in [0, 0.1) is 0 Å². The molecule has 0 saturated carbocycles. The van der Waals surface area contributed by atoms with E-state index < -0.39 is 5.97 Å². The van der Waals surface area contributed by atoms with E-state index >= 15 is 0 Å².